The molecule has 3 N–H and O–H groups in total. The lowest BCUT2D eigenvalue weighted by Gasteiger charge is -2.00. The largest absolute Gasteiger partial charge is 0.504 e. The summed E-state index contributed by atoms with van der Waals surface area (Å²) in [7, 11) is 0. The molecule has 0 amide bonds. The van der Waals surface area contributed by atoms with E-state index in [0.717, 1.165) is 9.13 Å². The summed E-state index contributed by atoms with van der Waals surface area (Å²) < 4.78 is 11.7. The molecule has 0 aliphatic heterocycles. The Morgan fingerprint density at radius 3 is 2.68 bits per heavy atom. The Morgan fingerprint density at radius 1 is 1.16 bits per heavy atom. The zero-order valence-corrected chi connectivity index (χ0v) is 11.9. The lowest BCUT2D eigenvalue weighted by molar-refractivity contribution is 0.457. The van der Waals surface area contributed by atoms with E-state index in [-0.39, 0.29) is 17.4 Å². The maximum Gasteiger partial charge on any atom is 0.214 e. The highest BCUT2D eigenvalue weighted by molar-refractivity contribution is 14.1. The van der Waals surface area contributed by atoms with Gasteiger partial charge in [0, 0.05) is 3.57 Å². The summed E-state index contributed by atoms with van der Waals surface area (Å²) in [6.07, 6.45) is 1.51. The predicted molar refractivity (Wildman–Crippen MR) is 80.6 cm³/mol. The van der Waals surface area contributed by atoms with Crippen molar-refractivity contribution in [3.8, 4) is 28.4 Å². The molecule has 0 spiro atoms. The van der Waals surface area contributed by atoms with Crippen LogP contribution in [-0.2, 0) is 0 Å². The molecule has 0 atom stereocenters. The molecule has 0 saturated heterocycles. The molecule has 19 heavy (non-hydrogen) atoms. The van der Waals surface area contributed by atoms with Gasteiger partial charge in [-0.15, -0.1) is 0 Å². The van der Waals surface area contributed by atoms with Crippen molar-refractivity contribution >= 4 is 28.5 Å². The summed E-state index contributed by atoms with van der Waals surface area (Å²) in [6.45, 7) is 0. The Morgan fingerprint density at radius 2 is 2.00 bits per heavy atom. The summed E-state index contributed by atoms with van der Waals surface area (Å²) in [6, 6.07) is 11.1. The molecule has 3 aromatic rings. The highest BCUT2D eigenvalue weighted by atomic mass is 127. The van der Waals surface area contributed by atoms with E-state index in [4.69, 9.17) is 14.6 Å². The number of anilines is 1. The number of halogens is 1. The van der Waals surface area contributed by atoms with Crippen LogP contribution in [0.1, 0.15) is 0 Å². The molecule has 1 aromatic carbocycles. The second kappa shape index (κ2) is 4.65. The Kier molecular flexibility index (Phi) is 2.98. The molecule has 0 radical (unpaired) electrons. The van der Waals surface area contributed by atoms with Gasteiger partial charge in [-0.3, -0.25) is 0 Å². The fourth-order valence-electron chi connectivity index (χ4n) is 1.94. The van der Waals surface area contributed by atoms with E-state index in [1.54, 1.807) is 12.1 Å². The lowest BCUT2D eigenvalue weighted by atomic mass is 10.1. The van der Waals surface area contributed by atoms with Crippen molar-refractivity contribution < 1.29 is 13.9 Å². The minimum absolute atomic E-state index is 0.00514. The van der Waals surface area contributed by atoms with E-state index >= 15 is 0 Å². The second-order valence-electron chi connectivity index (χ2n) is 4.01. The number of hydrogen-bond donors (Lipinski definition) is 2. The number of rotatable bonds is 2. The number of aromatic hydroxyl groups is 1. The van der Waals surface area contributed by atoms with E-state index in [0.29, 0.717) is 11.3 Å². The van der Waals surface area contributed by atoms with E-state index < -0.39 is 0 Å². The van der Waals surface area contributed by atoms with Gasteiger partial charge in [0.15, 0.2) is 11.5 Å². The van der Waals surface area contributed by atoms with E-state index in [9.17, 15) is 5.11 Å². The molecular formula is C14H10INO3. The first-order chi connectivity index (χ1) is 9.16. The number of nitrogen functional groups attached to an aromatic ring is 1. The van der Waals surface area contributed by atoms with Crippen LogP contribution in [0.15, 0.2) is 51.5 Å². The van der Waals surface area contributed by atoms with Gasteiger partial charge in [-0.2, -0.15) is 0 Å². The molecule has 0 unspecified atom stereocenters. The maximum absolute atomic E-state index is 10.3. The molecule has 0 bridgehead atoms. The lowest BCUT2D eigenvalue weighted by Crippen LogP contribution is -1.85. The Balaban J connectivity index is 2.18. The normalized spacial score (nSPS) is 10.8. The molecule has 0 saturated carbocycles. The summed E-state index contributed by atoms with van der Waals surface area (Å²) in [5.41, 5.74) is 7.16. The van der Waals surface area contributed by atoms with Gasteiger partial charge in [-0.05, 0) is 52.4 Å². The minimum atomic E-state index is -0.00514. The molecule has 2 heterocycles. The Hall–Kier alpha value is -1.89. The monoisotopic (exact) mass is 367 g/mol. The van der Waals surface area contributed by atoms with Gasteiger partial charge in [0.2, 0.25) is 11.6 Å². The standard InChI is InChI=1S/C14H10INO3/c15-9-4-1-3-8(7-9)11-12(17)13(19-14(11)16)10-5-2-6-18-10/h1-7,17H,16H2. The first-order valence-corrected chi connectivity index (χ1v) is 6.65. The van der Waals surface area contributed by atoms with Gasteiger partial charge in [-0.1, -0.05) is 12.1 Å². The topological polar surface area (TPSA) is 72.5 Å². The third kappa shape index (κ3) is 2.10. The van der Waals surface area contributed by atoms with Crippen LogP contribution in [0.2, 0.25) is 0 Å². The highest BCUT2D eigenvalue weighted by Crippen LogP contribution is 2.45. The number of furan rings is 2. The van der Waals surface area contributed by atoms with E-state index in [1.165, 1.54) is 6.26 Å². The predicted octanol–water partition coefficient (Wildman–Crippen LogP) is 4.10. The summed E-state index contributed by atoms with van der Waals surface area (Å²) in [5, 5.41) is 10.3. The molecule has 0 aliphatic carbocycles. The van der Waals surface area contributed by atoms with Crippen molar-refractivity contribution in [1.29, 1.82) is 0 Å². The third-order valence-corrected chi connectivity index (χ3v) is 3.44. The number of benzene rings is 1. The molecule has 4 nitrogen and oxygen atoms in total. The van der Waals surface area contributed by atoms with Crippen LogP contribution in [0.25, 0.3) is 22.6 Å². The fourth-order valence-corrected chi connectivity index (χ4v) is 2.48. The van der Waals surface area contributed by atoms with Crippen LogP contribution in [-0.4, -0.2) is 5.11 Å². The quantitative estimate of drug-likeness (QED) is 0.669. The molecule has 3 rings (SSSR count). The van der Waals surface area contributed by atoms with Crippen molar-refractivity contribution in [3.63, 3.8) is 0 Å². The minimum Gasteiger partial charge on any atom is -0.504 e. The fraction of sp³-hybridized carbons (Fsp3) is 0. The van der Waals surface area contributed by atoms with Crippen LogP contribution < -0.4 is 5.73 Å². The van der Waals surface area contributed by atoms with Crippen LogP contribution in [0, 0.1) is 3.57 Å². The average Bonchev–Trinajstić information content (AvgIpc) is 2.97. The Bertz CT molecular complexity index is 716. The van der Waals surface area contributed by atoms with Crippen LogP contribution >= 0.6 is 22.6 Å². The molecular weight excluding hydrogens is 357 g/mol. The van der Waals surface area contributed by atoms with E-state index in [1.807, 2.05) is 24.3 Å². The summed E-state index contributed by atoms with van der Waals surface area (Å²) >= 11 is 2.20. The highest BCUT2D eigenvalue weighted by Gasteiger charge is 2.22. The first kappa shape index (κ1) is 12.2. The molecule has 0 aliphatic rings. The third-order valence-electron chi connectivity index (χ3n) is 2.77. The summed E-state index contributed by atoms with van der Waals surface area (Å²) in [4.78, 5) is 0. The molecule has 0 fully saturated rings. The SMILES string of the molecule is Nc1oc(-c2ccco2)c(O)c1-c1cccc(I)c1. The van der Waals surface area contributed by atoms with Crippen molar-refractivity contribution in [3.05, 3.63) is 46.2 Å². The van der Waals surface area contributed by atoms with E-state index in [2.05, 4.69) is 22.6 Å². The van der Waals surface area contributed by atoms with Crippen molar-refractivity contribution in [2.24, 2.45) is 0 Å². The number of hydrogen-bond acceptors (Lipinski definition) is 4. The first-order valence-electron chi connectivity index (χ1n) is 5.58. The van der Waals surface area contributed by atoms with Crippen molar-refractivity contribution in [2.45, 2.75) is 0 Å². The second-order valence-corrected chi connectivity index (χ2v) is 5.25. The van der Waals surface area contributed by atoms with Crippen molar-refractivity contribution in [2.75, 3.05) is 5.73 Å². The molecule has 2 aromatic heterocycles. The van der Waals surface area contributed by atoms with Gasteiger partial charge in [-0.25, -0.2) is 0 Å². The number of nitrogens with two attached hydrogens (primary N) is 1. The zero-order valence-electron chi connectivity index (χ0n) is 9.76. The van der Waals surface area contributed by atoms with Gasteiger partial charge in [0.1, 0.15) is 0 Å². The van der Waals surface area contributed by atoms with Crippen LogP contribution in [0.3, 0.4) is 0 Å². The average molecular weight is 367 g/mol. The van der Waals surface area contributed by atoms with Gasteiger partial charge < -0.3 is 19.7 Å². The smallest absolute Gasteiger partial charge is 0.214 e. The maximum atomic E-state index is 10.3. The van der Waals surface area contributed by atoms with Gasteiger partial charge in [0.05, 0.1) is 11.8 Å². The van der Waals surface area contributed by atoms with Gasteiger partial charge >= 0.3 is 0 Å². The summed E-state index contributed by atoms with van der Waals surface area (Å²) in [5.74, 6) is 0.859. The molecule has 96 valence electrons. The zero-order chi connectivity index (χ0) is 13.4. The van der Waals surface area contributed by atoms with Crippen LogP contribution in [0.4, 0.5) is 5.88 Å². The molecule has 5 heteroatoms. The van der Waals surface area contributed by atoms with Gasteiger partial charge in [0.25, 0.3) is 0 Å². The Labute approximate surface area is 123 Å². The van der Waals surface area contributed by atoms with Crippen LogP contribution in [0.5, 0.6) is 5.75 Å². The van der Waals surface area contributed by atoms with Crippen molar-refractivity contribution in [1.82, 2.24) is 0 Å².